The number of aryl methyl sites for hydroxylation is 2. The van der Waals surface area contributed by atoms with E-state index in [0.29, 0.717) is 5.56 Å². The monoisotopic (exact) mass is 357 g/mol. The van der Waals surface area contributed by atoms with Crippen LogP contribution in [0.3, 0.4) is 0 Å². The fraction of sp³-hybridized carbons (Fsp3) is 0.143. The lowest BCUT2D eigenvalue weighted by molar-refractivity contribution is 0.0942. The van der Waals surface area contributed by atoms with Gasteiger partial charge < -0.3 is 5.32 Å². The summed E-state index contributed by atoms with van der Waals surface area (Å²) in [6, 6.07) is 17.0. The number of aromatic nitrogens is 4. The molecule has 0 fully saturated rings. The lowest BCUT2D eigenvalue weighted by Gasteiger charge is -2.19. The molecule has 3 aromatic heterocycles. The van der Waals surface area contributed by atoms with E-state index in [1.165, 1.54) is 0 Å². The third-order valence-corrected chi connectivity index (χ3v) is 4.52. The average molecular weight is 357 g/mol. The van der Waals surface area contributed by atoms with Crippen LogP contribution in [0.5, 0.6) is 0 Å². The van der Waals surface area contributed by atoms with E-state index in [-0.39, 0.29) is 11.9 Å². The summed E-state index contributed by atoms with van der Waals surface area (Å²) in [6.07, 6.45) is 3.31. The Morgan fingerprint density at radius 1 is 1.07 bits per heavy atom. The van der Waals surface area contributed by atoms with Crippen LogP contribution in [0, 0.1) is 6.92 Å². The van der Waals surface area contributed by atoms with Gasteiger partial charge in [0.15, 0.2) is 5.65 Å². The summed E-state index contributed by atoms with van der Waals surface area (Å²) in [5, 5.41) is 8.32. The Kier molecular flexibility index (Phi) is 4.38. The molecule has 3 heterocycles. The molecule has 6 nitrogen and oxygen atoms in total. The lowest BCUT2D eigenvalue weighted by atomic mass is 10.0. The van der Waals surface area contributed by atoms with Gasteiger partial charge in [0, 0.05) is 24.8 Å². The highest BCUT2D eigenvalue weighted by Gasteiger charge is 2.20. The molecule has 0 aliphatic carbocycles. The van der Waals surface area contributed by atoms with Crippen molar-refractivity contribution in [3.05, 3.63) is 89.5 Å². The second kappa shape index (κ2) is 6.99. The molecule has 0 bridgehead atoms. The van der Waals surface area contributed by atoms with Gasteiger partial charge >= 0.3 is 0 Å². The number of hydrogen-bond acceptors (Lipinski definition) is 4. The van der Waals surface area contributed by atoms with Crippen molar-refractivity contribution in [2.75, 3.05) is 0 Å². The minimum Gasteiger partial charge on any atom is -0.339 e. The van der Waals surface area contributed by atoms with E-state index < -0.39 is 0 Å². The van der Waals surface area contributed by atoms with Crippen molar-refractivity contribution in [3.63, 3.8) is 0 Å². The third kappa shape index (κ3) is 3.29. The summed E-state index contributed by atoms with van der Waals surface area (Å²) < 4.78 is 1.72. The first-order valence-corrected chi connectivity index (χ1v) is 8.69. The van der Waals surface area contributed by atoms with E-state index in [1.54, 1.807) is 17.1 Å². The number of carbonyl (C=O) groups excluding carboxylic acids is 1. The molecule has 0 aliphatic heterocycles. The number of rotatable bonds is 4. The minimum atomic E-state index is -0.342. The molecule has 0 saturated heterocycles. The molecule has 6 heteroatoms. The topological polar surface area (TPSA) is 72.7 Å². The van der Waals surface area contributed by atoms with Crippen molar-refractivity contribution in [2.45, 2.75) is 13.0 Å². The van der Waals surface area contributed by atoms with Crippen LogP contribution >= 0.6 is 0 Å². The quantitative estimate of drug-likeness (QED) is 0.609. The molecule has 27 heavy (non-hydrogen) atoms. The van der Waals surface area contributed by atoms with Crippen LogP contribution in [-0.4, -0.2) is 25.7 Å². The SMILES string of the molecule is Cc1nn(C)c2ncc(C(=O)NC(c3ccccc3)c3ccccn3)cc12. The molecule has 1 amide bonds. The van der Waals surface area contributed by atoms with Crippen molar-refractivity contribution in [1.82, 2.24) is 25.1 Å². The van der Waals surface area contributed by atoms with Gasteiger partial charge in [-0.15, -0.1) is 0 Å². The number of hydrogen-bond donors (Lipinski definition) is 1. The summed E-state index contributed by atoms with van der Waals surface area (Å²) in [6.45, 7) is 1.91. The Balaban J connectivity index is 1.69. The highest BCUT2D eigenvalue weighted by molar-refractivity contribution is 5.97. The maximum Gasteiger partial charge on any atom is 0.253 e. The van der Waals surface area contributed by atoms with Crippen LogP contribution in [0.1, 0.15) is 33.4 Å². The smallest absolute Gasteiger partial charge is 0.253 e. The lowest BCUT2D eigenvalue weighted by Crippen LogP contribution is -2.30. The largest absolute Gasteiger partial charge is 0.339 e. The first-order valence-electron chi connectivity index (χ1n) is 8.69. The van der Waals surface area contributed by atoms with E-state index in [4.69, 9.17) is 0 Å². The molecule has 0 spiro atoms. The maximum absolute atomic E-state index is 13.0. The second-order valence-corrected chi connectivity index (χ2v) is 6.38. The normalized spacial score (nSPS) is 12.1. The van der Waals surface area contributed by atoms with Crippen molar-refractivity contribution in [3.8, 4) is 0 Å². The Morgan fingerprint density at radius 3 is 2.59 bits per heavy atom. The maximum atomic E-state index is 13.0. The molecular weight excluding hydrogens is 338 g/mol. The highest BCUT2D eigenvalue weighted by Crippen LogP contribution is 2.22. The summed E-state index contributed by atoms with van der Waals surface area (Å²) in [5.74, 6) is -0.202. The number of fused-ring (bicyclic) bond motifs is 1. The molecule has 1 unspecified atom stereocenters. The van der Waals surface area contributed by atoms with E-state index in [0.717, 1.165) is 28.0 Å². The first-order chi connectivity index (χ1) is 13.1. The van der Waals surface area contributed by atoms with Gasteiger partial charge in [-0.05, 0) is 30.7 Å². The zero-order chi connectivity index (χ0) is 18.8. The Morgan fingerprint density at radius 2 is 1.85 bits per heavy atom. The van der Waals surface area contributed by atoms with Crippen molar-refractivity contribution < 1.29 is 4.79 Å². The van der Waals surface area contributed by atoms with Gasteiger partial charge in [0.05, 0.1) is 23.0 Å². The van der Waals surface area contributed by atoms with Crippen molar-refractivity contribution >= 4 is 16.9 Å². The summed E-state index contributed by atoms with van der Waals surface area (Å²) in [4.78, 5) is 21.8. The molecule has 0 aliphatic rings. The van der Waals surface area contributed by atoms with Gasteiger partial charge in [0.2, 0.25) is 0 Å². The van der Waals surface area contributed by atoms with E-state index in [1.807, 2.05) is 68.6 Å². The van der Waals surface area contributed by atoms with Gasteiger partial charge in [-0.25, -0.2) is 4.98 Å². The number of nitrogens with zero attached hydrogens (tertiary/aromatic N) is 4. The number of amides is 1. The van der Waals surface area contributed by atoms with Gasteiger partial charge in [0.25, 0.3) is 5.91 Å². The second-order valence-electron chi connectivity index (χ2n) is 6.38. The number of pyridine rings is 2. The molecule has 4 aromatic rings. The van der Waals surface area contributed by atoms with Crippen LogP contribution in [0.25, 0.3) is 11.0 Å². The molecule has 1 N–H and O–H groups in total. The molecule has 4 rings (SSSR count). The van der Waals surface area contributed by atoms with Crippen molar-refractivity contribution in [1.29, 1.82) is 0 Å². The number of nitrogens with one attached hydrogen (secondary N) is 1. The van der Waals surface area contributed by atoms with Crippen LogP contribution in [-0.2, 0) is 7.05 Å². The number of carbonyl (C=O) groups is 1. The summed E-state index contributed by atoms with van der Waals surface area (Å²) in [7, 11) is 1.84. The first kappa shape index (κ1) is 16.9. The van der Waals surface area contributed by atoms with Gasteiger partial charge in [-0.3, -0.25) is 14.5 Å². The molecule has 1 atom stereocenters. The average Bonchev–Trinajstić information content (AvgIpc) is 3.00. The van der Waals surface area contributed by atoms with Gasteiger partial charge in [-0.2, -0.15) is 5.10 Å². The van der Waals surface area contributed by atoms with Crippen LogP contribution in [0.15, 0.2) is 67.0 Å². The van der Waals surface area contributed by atoms with Gasteiger partial charge in [0.1, 0.15) is 0 Å². The molecule has 0 radical (unpaired) electrons. The van der Waals surface area contributed by atoms with Crippen LogP contribution in [0.4, 0.5) is 0 Å². The Bertz CT molecular complexity index is 1050. The Labute approximate surface area is 156 Å². The fourth-order valence-electron chi connectivity index (χ4n) is 3.17. The third-order valence-electron chi connectivity index (χ3n) is 4.52. The standard InChI is InChI=1S/C21H19N5O/c1-14-17-12-16(13-23-20(17)26(2)25-14)21(27)24-19(15-8-4-3-5-9-15)18-10-6-7-11-22-18/h3-13,19H,1-2H3,(H,24,27). The summed E-state index contributed by atoms with van der Waals surface area (Å²) >= 11 is 0. The van der Waals surface area contributed by atoms with E-state index >= 15 is 0 Å². The van der Waals surface area contributed by atoms with E-state index in [2.05, 4.69) is 20.4 Å². The number of benzene rings is 1. The predicted octanol–water partition coefficient (Wildman–Crippen LogP) is 3.19. The Hall–Kier alpha value is -3.54. The summed E-state index contributed by atoms with van der Waals surface area (Å²) in [5.41, 5.74) is 3.85. The predicted molar refractivity (Wildman–Crippen MR) is 103 cm³/mol. The zero-order valence-electron chi connectivity index (χ0n) is 15.1. The fourth-order valence-corrected chi connectivity index (χ4v) is 3.17. The van der Waals surface area contributed by atoms with Crippen LogP contribution < -0.4 is 5.32 Å². The minimum absolute atomic E-state index is 0.202. The molecule has 0 saturated carbocycles. The van der Waals surface area contributed by atoms with Crippen LogP contribution in [0.2, 0.25) is 0 Å². The molecule has 134 valence electrons. The van der Waals surface area contributed by atoms with Crippen molar-refractivity contribution in [2.24, 2.45) is 7.05 Å². The zero-order valence-corrected chi connectivity index (χ0v) is 15.1. The molecule has 1 aromatic carbocycles. The molecular formula is C21H19N5O. The highest BCUT2D eigenvalue weighted by atomic mass is 16.1. The van der Waals surface area contributed by atoms with Gasteiger partial charge in [-0.1, -0.05) is 36.4 Å². The van der Waals surface area contributed by atoms with E-state index in [9.17, 15) is 4.79 Å².